The van der Waals surface area contributed by atoms with E-state index in [1.165, 1.54) is 11.8 Å². The molecule has 0 aromatic carbocycles. The fourth-order valence-corrected chi connectivity index (χ4v) is 3.42. The van der Waals surface area contributed by atoms with Crippen molar-refractivity contribution in [3.8, 4) is 0 Å². The van der Waals surface area contributed by atoms with Crippen LogP contribution in [0.2, 0.25) is 0 Å². The molecular weight excluding hydrogens is 314 g/mol. The van der Waals surface area contributed by atoms with Crippen LogP contribution in [0.15, 0.2) is 0 Å². The number of carbonyl (C=O) groups is 4. The number of likely N-dealkylation sites (tertiary alicyclic amines) is 2. The van der Waals surface area contributed by atoms with Crippen molar-refractivity contribution in [3.63, 3.8) is 0 Å². The topological polar surface area (TPSA) is 98.2 Å². The summed E-state index contributed by atoms with van der Waals surface area (Å²) < 4.78 is 0. The molecule has 2 saturated heterocycles. The average Bonchev–Trinajstić information content (AvgIpc) is 2.77. The van der Waals surface area contributed by atoms with E-state index < -0.39 is 5.97 Å². The van der Waals surface area contributed by atoms with E-state index in [1.807, 2.05) is 0 Å². The second kappa shape index (κ2) is 8.12. The maximum Gasteiger partial charge on any atom is 0.323 e. The molecule has 0 aromatic rings. The van der Waals surface area contributed by atoms with Gasteiger partial charge in [0.1, 0.15) is 6.54 Å². The third-order valence-corrected chi connectivity index (χ3v) is 4.70. The second-order valence-corrected chi connectivity index (χ2v) is 6.43. The highest BCUT2D eigenvalue weighted by Crippen LogP contribution is 2.18. The maximum atomic E-state index is 12.4. The molecule has 2 aliphatic heterocycles. The molecule has 1 N–H and O–H groups in total. The summed E-state index contributed by atoms with van der Waals surface area (Å²) in [6.07, 6.45) is 3.27. The molecule has 3 amide bonds. The highest BCUT2D eigenvalue weighted by atomic mass is 16.4. The molecule has 2 rings (SSSR count). The fourth-order valence-electron chi connectivity index (χ4n) is 3.42. The van der Waals surface area contributed by atoms with Gasteiger partial charge in [-0.3, -0.25) is 19.2 Å². The van der Waals surface area contributed by atoms with Crippen LogP contribution in [0.5, 0.6) is 0 Å². The Labute approximate surface area is 141 Å². The monoisotopic (exact) mass is 339 g/mol. The number of amides is 3. The summed E-state index contributed by atoms with van der Waals surface area (Å²) in [5.74, 6) is -1.33. The molecular formula is C16H25N3O5. The standard InChI is InChI=1S/C16H25N3O5/c1-12(20)19(11-16(23)24)13-4-2-7-17(9-6-13)15(22)10-18-8-3-5-14(18)21/h13H,2-11H2,1H3,(H,23,24). The van der Waals surface area contributed by atoms with E-state index in [9.17, 15) is 19.2 Å². The first-order chi connectivity index (χ1) is 11.4. The number of carboxylic acids is 1. The lowest BCUT2D eigenvalue weighted by atomic mass is 10.1. The number of nitrogens with zero attached hydrogens (tertiary/aromatic N) is 3. The Morgan fingerprint density at radius 2 is 1.92 bits per heavy atom. The molecule has 2 fully saturated rings. The molecule has 8 nitrogen and oxygen atoms in total. The summed E-state index contributed by atoms with van der Waals surface area (Å²) in [5, 5.41) is 8.96. The molecule has 0 bridgehead atoms. The van der Waals surface area contributed by atoms with Crippen molar-refractivity contribution in [3.05, 3.63) is 0 Å². The molecule has 0 aromatic heterocycles. The number of hydrogen-bond acceptors (Lipinski definition) is 4. The molecule has 2 aliphatic rings. The second-order valence-electron chi connectivity index (χ2n) is 6.43. The van der Waals surface area contributed by atoms with Crippen molar-refractivity contribution >= 4 is 23.7 Å². The zero-order valence-electron chi connectivity index (χ0n) is 14.1. The van der Waals surface area contributed by atoms with Crippen LogP contribution < -0.4 is 0 Å². The molecule has 0 saturated carbocycles. The van der Waals surface area contributed by atoms with Gasteiger partial charge in [-0.25, -0.2) is 0 Å². The Morgan fingerprint density at radius 1 is 1.17 bits per heavy atom. The Kier molecular flexibility index (Phi) is 6.16. The highest BCUT2D eigenvalue weighted by Gasteiger charge is 2.29. The summed E-state index contributed by atoms with van der Waals surface area (Å²) in [4.78, 5) is 51.4. The van der Waals surface area contributed by atoms with Gasteiger partial charge in [-0.2, -0.15) is 0 Å². The van der Waals surface area contributed by atoms with E-state index in [1.54, 1.807) is 9.80 Å². The quantitative estimate of drug-likeness (QED) is 0.756. The summed E-state index contributed by atoms with van der Waals surface area (Å²) in [5.41, 5.74) is 0. The molecule has 0 aliphatic carbocycles. The van der Waals surface area contributed by atoms with Crippen LogP contribution in [0.25, 0.3) is 0 Å². The third kappa shape index (κ3) is 4.69. The Bertz CT molecular complexity index is 522. The van der Waals surface area contributed by atoms with Crippen molar-refractivity contribution in [1.82, 2.24) is 14.7 Å². The molecule has 134 valence electrons. The average molecular weight is 339 g/mol. The van der Waals surface area contributed by atoms with Gasteiger partial charge >= 0.3 is 5.97 Å². The molecule has 0 radical (unpaired) electrons. The molecule has 1 atom stereocenters. The predicted octanol–water partition coefficient (Wildman–Crippen LogP) is -0.0770. The first kappa shape index (κ1) is 18.2. The van der Waals surface area contributed by atoms with Crippen molar-refractivity contribution in [1.29, 1.82) is 0 Å². The van der Waals surface area contributed by atoms with Gasteiger partial charge in [0.15, 0.2) is 0 Å². The third-order valence-electron chi connectivity index (χ3n) is 4.70. The van der Waals surface area contributed by atoms with E-state index in [4.69, 9.17) is 5.11 Å². The van der Waals surface area contributed by atoms with Gasteiger partial charge in [0.25, 0.3) is 0 Å². The van der Waals surface area contributed by atoms with Crippen LogP contribution in [-0.4, -0.2) is 82.3 Å². The van der Waals surface area contributed by atoms with Gasteiger partial charge in [0.2, 0.25) is 17.7 Å². The van der Waals surface area contributed by atoms with Gasteiger partial charge in [-0.15, -0.1) is 0 Å². The fraction of sp³-hybridized carbons (Fsp3) is 0.750. The highest BCUT2D eigenvalue weighted by molar-refractivity contribution is 5.86. The van der Waals surface area contributed by atoms with Crippen LogP contribution in [0.3, 0.4) is 0 Å². The summed E-state index contributed by atoms with van der Waals surface area (Å²) in [7, 11) is 0. The largest absolute Gasteiger partial charge is 0.480 e. The van der Waals surface area contributed by atoms with Crippen molar-refractivity contribution < 1.29 is 24.3 Å². The summed E-state index contributed by atoms with van der Waals surface area (Å²) >= 11 is 0. The van der Waals surface area contributed by atoms with Gasteiger partial charge in [0, 0.05) is 39.0 Å². The van der Waals surface area contributed by atoms with Crippen LogP contribution in [0.1, 0.15) is 39.0 Å². The van der Waals surface area contributed by atoms with Gasteiger partial charge in [-0.05, 0) is 25.7 Å². The molecule has 2 heterocycles. The van der Waals surface area contributed by atoms with Crippen LogP contribution in [0.4, 0.5) is 0 Å². The molecule has 1 unspecified atom stereocenters. The minimum atomic E-state index is -1.03. The molecule has 8 heteroatoms. The van der Waals surface area contributed by atoms with Crippen molar-refractivity contribution in [2.24, 2.45) is 0 Å². The SMILES string of the molecule is CC(=O)N(CC(=O)O)C1CCCN(C(=O)CN2CCCC2=O)CC1. The zero-order valence-corrected chi connectivity index (χ0v) is 14.1. The minimum Gasteiger partial charge on any atom is -0.480 e. The van der Waals surface area contributed by atoms with Crippen molar-refractivity contribution in [2.45, 2.75) is 45.1 Å². The summed E-state index contributed by atoms with van der Waals surface area (Å²) in [6, 6.07) is -0.162. The predicted molar refractivity (Wildman–Crippen MR) is 85.1 cm³/mol. The first-order valence-corrected chi connectivity index (χ1v) is 8.43. The number of rotatable bonds is 5. The lowest BCUT2D eigenvalue weighted by Crippen LogP contribution is -2.44. The number of carbonyl (C=O) groups excluding carboxylic acids is 3. The van der Waals surface area contributed by atoms with Gasteiger partial charge in [-0.1, -0.05) is 0 Å². The molecule has 0 spiro atoms. The van der Waals surface area contributed by atoms with E-state index in [0.29, 0.717) is 45.3 Å². The summed E-state index contributed by atoms with van der Waals surface area (Å²) in [6.45, 7) is 2.88. The van der Waals surface area contributed by atoms with Gasteiger partial charge in [0.05, 0.1) is 6.54 Å². The lowest BCUT2D eigenvalue weighted by Gasteiger charge is -2.29. The van der Waals surface area contributed by atoms with Gasteiger partial charge < -0.3 is 19.8 Å². The minimum absolute atomic E-state index is 0.0280. The Morgan fingerprint density at radius 3 is 2.50 bits per heavy atom. The Balaban J connectivity index is 1.91. The van der Waals surface area contributed by atoms with E-state index >= 15 is 0 Å². The van der Waals surface area contributed by atoms with Crippen molar-refractivity contribution in [2.75, 3.05) is 32.7 Å². The number of hydrogen-bond donors (Lipinski definition) is 1. The van der Waals surface area contributed by atoms with E-state index in [0.717, 1.165) is 6.42 Å². The number of carboxylic acid groups (broad SMARTS) is 1. The smallest absolute Gasteiger partial charge is 0.323 e. The van der Waals surface area contributed by atoms with Crippen LogP contribution >= 0.6 is 0 Å². The Hall–Kier alpha value is -2.12. The van der Waals surface area contributed by atoms with E-state index in [2.05, 4.69) is 0 Å². The first-order valence-electron chi connectivity index (χ1n) is 8.43. The van der Waals surface area contributed by atoms with E-state index in [-0.39, 0.29) is 36.9 Å². The zero-order chi connectivity index (χ0) is 17.7. The lowest BCUT2D eigenvalue weighted by molar-refractivity contribution is -0.145. The number of aliphatic carboxylic acids is 1. The van der Waals surface area contributed by atoms with Crippen LogP contribution in [0, 0.1) is 0 Å². The molecule has 24 heavy (non-hydrogen) atoms. The normalized spacial score (nSPS) is 21.5. The van der Waals surface area contributed by atoms with Crippen LogP contribution in [-0.2, 0) is 19.2 Å². The maximum absolute atomic E-state index is 12.4.